The van der Waals surface area contributed by atoms with Gasteiger partial charge in [-0.2, -0.15) is 17.6 Å². The van der Waals surface area contributed by atoms with Gasteiger partial charge in [0.05, 0.1) is 5.25 Å². The number of hydrogen-bond donors (Lipinski definition) is 2. The minimum absolute atomic E-state index is 0.184. The zero-order valence-corrected chi connectivity index (χ0v) is 7.62. The molecule has 12 heavy (non-hydrogen) atoms. The molecule has 0 saturated heterocycles. The van der Waals surface area contributed by atoms with E-state index in [1.807, 2.05) is 0 Å². The van der Waals surface area contributed by atoms with Crippen LogP contribution in [0.3, 0.4) is 0 Å². The maximum absolute atomic E-state index is 10.8. The monoisotopic (exact) mass is 187 g/mol. The summed E-state index contributed by atoms with van der Waals surface area (Å²) in [4.78, 5) is 14.4. The van der Waals surface area contributed by atoms with E-state index in [0.717, 1.165) is 0 Å². The Labute approximate surface area is 74.5 Å². The van der Waals surface area contributed by atoms with Gasteiger partial charge in [0.15, 0.2) is 0 Å². The van der Waals surface area contributed by atoms with Crippen LogP contribution in [0.4, 0.5) is 0 Å². The average Bonchev–Trinajstić information content (AvgIpc) is 1.96. The van der Waals surface area contributed by atoms with Crippen molar-refractivity contribution < 1.29 is 5.11 Å². The van der Waals surface area contributed by atoms with E-state index in [1.54, 1.807) is 14.0 Å². The fraction of sp³-hybridized carbons (Fsp3) is 0.500. The molecule has 0 aliphatic heterocycles. The summed E-state index contributed by atoms with van der Waals surface area (Å²) < 4.78 is 1.33. The zero-order valence-electron chi connectivity index (χ0n) is 6.72. The van der Waals surface area contributed by atoms with Gasteiger partial charge in [-0.05, 0) is 6.92 Å². The largest absolute Gasteiger partial charge is 0.488 e. The van der Waals surface area contributed by atoms with Gasteiger partial charge in [0.1, 0.15) is 5.82 Å². The van der Waals surface area contributed by atoms with Crippen molar-refractivity contribution in [2.45, 2.75) is 12.2 Å². The van der Waals surface area contributed by atoms with E-state index >= 15 is 0 Å². The van der Waals surface area contributed by atoms with Crippen molar-refractivity contribution in [2.24, 2.45) is 7.05 Å². The van der Waals surface area contributed by atoms with Gasteiger partial charge in [0.2, 0.25) is 0 Å². The van der Waals surface area contributed by atoms with Crippen molar-refractivity contribution >= 4 is 12.6 Å². The molecule has 0 radical (unpaired) electrons. The molecule has 1 aromatic heterocycles. The van der Waals surface area contributed by atoms with Crippen LogP contribution in [0, 0.1) is 0 Å². The summed E-state index contributed by atoms with van der Waals surface area (Å²) in [6, 6.07) is 0. The van der Waals surface area contributed by atoms with Crippen LogP contribution in [-0.2, 0) is 7.05 Å². The van der Waals surface area contributed by atoms with Gasteiger partial charge in [0.25, 0.3) is 5.88 Å². The topological polar surface area (TPSA) is 68.0 Å². The molecule has 0 saturated carbocycles. The van der Waals surface area contributed by atoms with E-state index in [1.165, 1.54) is 4.68 Å². The van der Waals surface area contributed by atoms with Crippen molar-refractivity contribution in [3.63, 3.8) is 0 Å². The molecule has 5 nitrogen and oxygen atoms in total. The maximum Gasteiger partial charge on any atom is 0.335 e. The van der Waals surface area contributed by atoms with Crippen molar-refractivity contribution in [3.05, 3.63) is 16.2 Å². The number of nitrogens with zero attached hydrogens (tertiary/aromatic N) is 3. The Morgan fingerprint density at radius 2 is 2.25 bits per heavy atom. The Morgan fingerprint density at radius 3 is 2.75 bits per heavy atom. The molecule has 0 aliphatic carbocycles. The third kappa shape index (κ3) is 1.58. The van der Waals surface area contributed by atoms with Gasteiger partial charge in [-0.25, -0.2) is 4.68 Å². The highest BCUT2D eigenvalue weighted by Gasteiger charge is 2.09. The Hall–Kier alpha value is -1.04. The number of thiol groups is 1. The lowest BCUT2D eigenvalue weighted by Crippen LogP contribution is -2.18. The summed E-state index contributed by atoms with van der Waals surface area (Å²) in [5.74, 6) is -0.156. The van der Waals surface area contributed by atoms with E-state index in [9.17, 15) is 4.79 Å². The number of aryl methyl sites for hydroxylation is 1. The molecule has 1 atom stereocenters. The van der Waals surface area contributed by atoms with Crippen LogP contribution in [0.15, 0.2) is 4.79 Å². The molecule has 6 heteroatoms. The van der Waals surface area contributed by atoms with Crippen LogP contribution in [0.1, 0.15) is 18.0 Å². The van der Waals surface area contributed by atoms with Crippen LogP contribution in [0.25, 0.3) is 0 Å². The number of hydrogen-bond acceptors (Lipinski definition) is 5. The molecular weight excluding hydrogens is 178 g/mol. The molecule has 1 heterocycles. The molecule has 0 aliphatic rings. The van der Waals surface area contributed by atoms with Gasteiger partial charge in [-0.3, -0.25) is 4.79 Å². The SMILES string of the molecule is CC(S)c1nc(=O)c(O)nn1C. The van der Waals surface area contributed by atoms with E-state index in [4.69, 9.17) is 5.11 Å². The molecule has 66 valence electrons. The Kier molecular flexibility index (Phi) is 2.37. The molecule has 0 aromatic carbocycles. The van der Waals surface area contributed by atoms with E-state index in [-0.39, 0.29) is 5.25 Å². The number of rotatable bonds is 1. The van der Waals surface area contributed by atoms with Crippen LogP contribution >= 0.6 is 12.6 Å². The normalized spacial score (nSPS) is 12.9. The predicted octanol–water partition coefficient (Wildman–Crippen LogP) is -0.128. The summed E-state index contributed by atoms with van der Waals surface area (Å²) in [6.07, 6.45) is 0. The first-order valence-electron chi connectivity index (χ1n) is 3.34. The van der Waals surface area contributed by atoms with Gasteiger partial charge in [-0.1, -0.05) is 0 Å². The van der Waals surface area contributed by atoms with E-state index in [0.29, 0.717) is 5.82 Å². The summed E-state index contributed by atoms with van der Waals surface area (Å²) in [6.45, 7) is 1.77. The number of aromatic nitrogens is 3. The lowest BCUT2D eigenvalue weighted by Gasteiger charge is -2.07. The van der Waals surface area contributed by atoms with Crippen molar-refractivity contribution in [1.29, 1.82) is 0 Å². The molecule has 1 rings (SSSR count). The minimum atomic E-state index is -0.719. The second-order valence-corrected chi connectivity index (χ2v) is 3.17. The molecule has 0 amide bonds. The minimum Gasteiger partial charge on any atom is -0.488 e. The molecule has 0 bridgehead atoms. The first-order valence-corrected chi connectivity index (χ1v) is 3.86. The fourth-order valence-electron chi connectivity index (χ4n) is 0.826. The van der Waals surface area contributed by atoms with Gasteiger partial charge >= 0.3 is 5.56 Å². The highest BCUT2D eigenvalue weighted by atomic mass is 32.1. The maximum atomic E-state index is 10.8. The predicted molar refractivity (Wildman–Crippen MR) is 46.3 cm³/mol. The van der Waals surface area contributed by atoms with E-state index < -0.39 is 11.4 Å². The van der Waals surface area contributed by atoms with Crippen LogP contribution < -0.4 is 5.56 Å². The third-order valence-electron chi connectivity index (χ3n) is 1.36. The van der Waals surface area contributed by atoms with E-state index in [2.05, 4.69) is 22.7 Å². The van der Waals surface area contributed by atoms with Crippen molar-refractivity contribution in [1.82, 2.24) is 14.8 Å². The van der Waals surface area contributed by atoms with Crippen LogP contribution in [0.2, 0.25) is 0 Å². The molecular formula is C6H9N3O2S. The molecule has 1 N–H and O–H groups in total. The van der Waals surface area contributed by atoms with Gasteiger partial charge in [0, 0.05) is 7.05 Å². The standard InChI is InChI=1S/C6H9N3O2S/c1-3(12)4-7-5(10)6(11)8-9(4)2/h3,12H,1-2H3,(H,8,11). The molecule has 1 aromatic rings. The number of aromatic hydroxyl groups is 1. The summed E-state index contributed by atoms with van der Waals surface area (Å²) in [7, 11) is 1.59. The fourth-order valence-corrected chi connectivity index (χ4v) is 1.05. The Bertz CT molecular complexity index is 347. The molecule has 0 spiro atoms. The molecule has 0 fully saturated rings. The first-order chi connectivity index (χ1) is 5.52. The second kappa shape index (κ2) is 3.14. The van der Waals surface area contributed by atoms with Gasteiger partial charge < -0.3 is 5.11 Å². The second-order valence-electron chi connectivity index (χ2n) is 2.40. The smallest absolute Gasteiger partial charge is 0.335 e. The quantitative estimate of drug-likeness (QED) is 0.601. The highest BCUT2D eigenvalue weighted by Crippen LogP contribution is 2.13. The highest BCUT2D eigenvalue weighted by molar-refractivity contribution is 7.80. The van der Waals surface area contributed by atoms with Crippen LogP contribution in [-0.4, -0.2) is 19.9 Å². The summed E-state index contributed by atoms with van der Waals surface area (Å²) in [5.41, 5.74) is -0.719. The Balaban J connectivity index is 3.33. The third-order valence-corrected chi connectivity index (χ3v) is 1.59. The summed E-state index contributed by atoms with van der Waals surface area (Å²) >= 11 is 4.09. The van der Waals surface area contributed by atoms with Crippen LogP contribution in [0.5, 0.6) is 5.88 Å². The Morgan fingerprint density at radius 1 is 1.67 bits per heavy atom. The van der Waals surface area contributed by atoms with Crippen molar-refractivity contribution in [3.8, 4) is 5.88 Å². The van der Waals surface area contributed by atoms with Crippen molar-refractivity contribution in [2.75, 3.05) is 0 Å². The summed E-state index contributed by atoms with van der Waals surface area (Å²) in [5, 5.41) is 12.2. The zero-order chi connectivity index (χ0) is 9.30. The van der Waals surface area contributed by atoms with Gasteiger partial charge in [-0.15, -0.1) is 5.10 Å². The average molecular weight is 187 g/mol. The molecule has 1 unspecified atom stereocenters. The lowest BCUT2D eigenvalue weighted by molar-refractivity contribution is 0.414. The lowest BCUT2D eigenvalue weighted by atomic mass is 10.4. The first kappa shape index (κ1) is 9.05.